The number of ether oxygens (including phenoxy) is 1. The highest BCUT2D eigenvalue weighted by Crippen LogP contribution is 2.37. The van der Waals surface area contributed by atoms with E-state index in [4.69, 9.17) is 4.74 Å². The fraction of sp³-hybridized carbons (Fsp3) is 0.531. The summed E-state index contributed by atoms with van der Waals surface area (Å²) in [6.07, 6.45) is 6.27. The number of nitrogens with one attached hydrogen (secondary N) is 2. The number of benzene rings is 2. The van der Waals surface area contributed by atoms with Gasteiger partial charge in [0.15, 0.2) is 0 Å². The van der Waals surface area contributed by atoms with Crippen LogP contribution >= 0.6 is 0 Å². The van der Waals surface area contributed by atoms with E-state index in [1.165, 1.54) is 0 Å². The number of rotatable bonds is 9. The minimum Gasteiger partial charge on any atom is -0.508 e. The Bertz CT molecular complexity index is 1180. The number of aromatic hydroxyl groups is 1. The molecule has 0 radical (unpaired) electrons. The van der Waals surface area contributed by atoms with E-state index in [9.17, 15) is 19.5 Å². The van der Waals surface area contributed by atoms with E-state index in [0.29, 0.717) is 11.1 Å². The summed E-state index contributed by atoms with van der Waals surface area (Å²) in [6.45, 7) is 7.10. The third-order valence-electron chi connectivity index (χ3n) is 7.48. The van der Waals surface area contributed by atoms with E-state index < -0.39 is 23.8 Å². The fourth-order valence-electron chi connectivity index (χ4n) is 5.36. The van der Waals surface area contributed by atoms with Gasteiger partial charge in [0.1, 0.15) is 23.4 Å². The van der Waals surface area contributed by atoms with E-state index in [0.717, 1.165) is 50.5 Å². The monoisotopic (exact) mass is 549 g/mol. The van der Waals surface area contributed by atoms with Gasteiger partial charge in [0, 0.05) is 18.5 Å². The Balaban J connectivity index is 1.69. The number of nitrogens with zero attached hydrogens (tertiary/aromatic N) is 1. The lowest BCUT2D eigenvalue weighted by molar-refractivity contribution is -0.143. The second kappa shape index (κ2) is 12.7. The Labute approximate surface area is 237 Å². The van der Waals surface area contributed by atoms with Crippen LogP contribution in [0.15, 0.2) is 48.5 Å². The highest BCUT2D eigenvalue weighted by molar-refractivity contribution is 5.93. The molecule has 0 saturated heterocycles. The van der Waals surface area contributed by atoms with Gasteiger partial charge in [0.25, 0.3) is 0 Å². The Hall–Kier alpha value is -3.55. The molecule has 2 aliphatic rings. The van der Waals surface area contributed by atoms with E-state index in [1.54, 1.807) is 50.8 Å². The van der Waals surface area contributed by atoms with Gasteiger partial charge in [0.2, 0.25) is 11.8 Å². The van der Waals surface area contributed by atoms with E-state index in [1.807, 2.05) is 30.3 Å². The van der Waals surface area contributed by atoms with Crippen molar-refractivity contribution in [2.45, 2.75) is 109 Å². The summed E-state index contributed by atoms with van der Waals surface area (Å²) in [6, 6.07) is 12.7. The maximum absolute atomic E-state index is 14.4. The molecule has 4 rings (SSSR count). The molecular formula is C32H43N3O5. The topological polar surface area (TPSA) is 108 Å². The molecule has 2 aromatic carbocycles. The molecule has 8 heteroatoms. The first-order chi connectivity index (χ1) is 19.0. The van der Waals surface area contributed by atoms with Gasteiger partial charge in [-0.15, -0.1) is 0 Å². The summed E-state index contributed by atoms with van der Waals surface area (Å²) in [5, 5.41) is 16.2. The molecule has 0 spiro atoms. The van der Waals surface area contributed by atoms with Gasteiger partial charge >= 0.3 is 6.09 Å². The number of alkyl carbamates (subject to hydrolysis) is 1. The van der Waals surface area contributed by atoms with Crippen LogP contribution in [0.4, 0.5) is 4.79 Å². The van der Waals surface area contributed by atoms with Crippen molar-refractivity contribution in [3.63, 3.8) is 0 Å². The molecule has 0 bridgehead atoms. The van der Waals surface area contributed by atoms with Crippen LogP contribution < -0.4 is 10.6 Å². The number of amides is 3. The van der Waals surface area contributed by atoms with Crippen LogP contribution in [0.1, 0.15) is 88.4 Å². The molecule has 2 aliphatic carbocycles. The summed E-state index contributed by atoms with van der Waals surface area (Å²) in [4.78, 5) is 43.0. The van der Waals surface area contributed by atoms with Crippen molar-refractivity contribution < 1.29 is 24.2 Å². The fourth-order valence-corrected chi connectivity index (χ4v) is 5.36. The van der Waals surface area contributed by atoms with Crippen LogP contribution in [0.25, 0.3) is 0 Å². The summed E-state index contributed by atoms with van der Waals surface area (Å²) in [5.41, 5.74) is 1.42. The lowest BCUT2D eigenvalue weighted by atomic mass is 9.94. The molecule has 3 amide bonds. The van der Waals surface area contributed by atoms with Gasteiger partial charge in [-0.25, -0.2) is 4.79 Å². The van der Waals surface area contributed by atoms with Crippen molar-refractivity contribution in [3.05, 3.63) is 65.2 Å². The molecular weight excluding hydrogens is 506 g/mol. The first kappa shape index (κ1) is 29.4. The molecule has 216 valence electrons. The number of phenolic OH excluding ortho intramolecular Hbond substituents is 1. The highest BCUT2D eigenvalue weighted by atomic mass is 16.6. The van der Waals surface area contributed by atoms with Crippen LogP contribution in [-0.4, -0.2) is 51.6 Å². The van der Waals surface area contributed by atoms with Gasteiger partial charge in [-0.1, -0.05) is 55.7 Å². The first-order valence-corrected chi connectivity index (χ1v) is 14.5. The average molecular weight is 550 g/mol. The minimum atomic E-state index is -0.930. The molecule has 2 fully saturated rings. The molecule has 0 heterocycles. The van der Waals surface area contributed by atoms with Crippen LogP contribution in [0.5, 0.6) is 5.75 Å². The normalized spacial score (nSPS) is 17.4. The zero-order valence-corrected chi connectivity index (χ0v) is 24.1. The van der Waals surface area contributed by atoms with Crippen molar-refractivity contribution in [3.8, 4) is 5.75 Å². The minimum absolute atomic E-state index is 0.0677. The average Bonchev–Trinajstić information content (AvgIpc) is 3.73. The number of carbonyl (C=O) groups excluding carboxylic acids is 3. The predicted octanol–water partition coefficient (Wildman–Crippen LogP) is 5.32. The third-order valence-corrected chi connectivity index (χ3v) is 7.48. The molecule has 40 heavy (non-hydrogen) atoms. The molecule has 2 atom stereocenters. The largest absolute Gasteiger partial charge is 0.508 e. The number of phenols is 1. The smallest absolute Gasteiger partial charge is 0.408 e. The molecule has 2 unspecified atom stereocenters. The van der Waals surface area contributed by atoms with Gasteiger partial charge in [-0.2, -0.15) is 0 Å². The summed E-state index contributed by atoms with van der Waals surface area (Å²) in [5.74, 6) is -0.423. The zero-order valence-electron chi connectivity index (χ0n) is 24.1. The summed E-state index contributed by atoms with van der Waals surface area (Å²) in [7, 11) is 0. The predicted molar refractivity (Wildman–Crippen MR) is 154 cm³/mol. The number of carbonyl (C=O) groups is 3. The third kappa shape index (κ3) is 7.99. The standard InChI is InChI=1S/C32H43N3O5/c1-21-19-23(15-18-27(21)36)28(29(37)33-24-13-9-6-10-14-24)35(25-16-17-25)30(38)26(20-22-11-7-5-8-12-22)34-31(39)40-32(2,3)4/h5,7-8,11-12,15,18-19,24-26,28,36H,6,9-10,13-14,16-17,20H2,1-4H3,(H,33,37)(H,34,39). The maximum atomic E-state index is 14.4. The lowest BCUT2D eigenvalue weighted by Gasteiger charge is -2.36. The lowest BCUT2D eigenvalue weighted by Crippen LogP contribution is -2.55. The molecule has 0 aromatic heterocycles. The molecule has 2 aromatic rings. The van der Waals surface area contributed by atoms with Crippen LogP contribution in [0.3, 0.4) is 0 Å². The summed E-state index contributed by atoms with van der Waals surface area (Å²) < 4.78 is 5.51. The van der Waals surface area contributed by atoms with E-state index in [-0.39, 0.29) is 36.1 Å². The maximum Gasteiger partial charge on any atom is 0.408 e. The van der Waals surface area contributed by atoms with E-state index >= 15 is 0 Å². The first-order valence-electron chi connectivity index (χ1n) is 14.5. The Morgan fingerprint density at radius 1 is 1.00 bits per heavy atom. The quantitative estimate of drug-likeness (QED) is 0.393. The second-order valence-corrected chi connectivity index (χ2v) is 12.2. The van der Waals surface area contributed by atoms with Crippen molar-refractivity contribution in [2.24, 2.45) is 0 Å². The molecule has 0 aliphatic heterocycles. The molecule has 2 saturated carbocycles. The van der Waals surface area contributed by atoms with Crippen molar-refractivity contribution in [1.82, 2.24) is 15.5 Å². The van der Waals surface area contributed by atoms with Gasteiger partial charge in [-0.3, -0.25) is 9.59 Å². The molecule has 8 nitrogen and oxygen atoms in total. The Kier molecular flexibility index (Phi) is 9.38. The van der Waals surface area contributed by atoms with Gasteiger partial charge in [-0.05, 0) is 82.2 Å². The van der Waals surface area contributed by atoms with E-state index in [2.05, 4.69) is 10.6 Å². The number of hydrogen-bond acceptors (Lipinski definition) is 5. The van der Waals surface area contributed by atoms with Crippen molar-refractivity contribution in [2.75, 3.05) is 0 Å². The van der Waals surface area contributed by atoms with Gasteiger partial charge < -0.3 is 25.4 Å². The van der Waals surface area contributed by atoms with Crippen LogP contribution in [-0.2, 0) is 20.7 Å². The highest BCUT2D eigenvalue weighted by Gasteiger charge is 2.44. The van der Waals surface area contributed by atoms with Crippen LogP contribution in [0, 0.1) is 6.92 Å². The number of aryl methyl sites for hydroxylation is 1. The number of hydrogen-bond donors (Lipinski definition) is 3. The van der Waals surface area contributed by atoms with Crippen LogP contribution in [0.2, 0.25) is 0 Å². The SMILES string of the molecule is Cc1cc(C(C(=O)NC2CCCCC2)N(C(=O)C(Cc2ccccc2)NC(=O)OC(C)(C)C)C2CC2)ccc1O. The van der Waals surface area contributed by atoms with Crippen molar-refractivity contribution in [1.29, 1.82) is 0 Å². The van der Waals surface area contributed by atoms with Crippen molar-refractivity contribution >= 4 is 17.9 Å². The summed E-state index contributed by atoms with van der Waals surface area (Å²) >= 11 is 0. The molecule has 3 N–H and O–H groups in total. The zero-order chi connectivity index (χ0) is 28.9. The Morgan fingerprint density at radius 2 is 1.68 bits per heavy atom. The second-order valence-electron chi connectivity index (χ2n) is 12.2. The Morgan fingerprint density at radius 3 is 2.27 bits per heavy atom. The van der Waals surface area contributed by atoms with Gasteiger partial charge in [0.05, 0.1) is 0 Å².